The van der Waals surface area contributed by atoms with Crippen molar-refractivity contribution in [2.75, 3.05) is 12.4 Å². The van der Waals surface area contributed by atoms with Crippen LogP contribution in [0.3, 0.4) is 0 Å². The summed E-state index contributed by atoms with van der Waals surface area (Å²) in [6, 6.07) is 3.04. The second kappa shape index (κ2) is 6.99. The molecular formula is C15H14F3N3O3S2. The first kappa shape index (κ1) is 18.8. The van der Waals surface area contributed by atoms with Crippen LogP contribution in [0.2, 0.25) is 0 Å². The minimum absolute atomic E-state index is 0.119. The monoisotopic (exact) mass is 405 g/mol. The largest absolute Gasteiger partial charge is 0.324 e. The van der Waals surface area contributed by atoms with Crippen LogP contribution in [0.25, 0.3) is 0 Å². The molecule has 2 aromatic rings. The van der Waals surface area contributed by atoms with Crippen LogP contribution in [-0.2, 0) is 15.0 Å². The molecule has 140 valence electrons. The number of hydrogen-bond donors (Lipinski definition) is 2. The number of nitrogens with zero attached hydrogens (tertiary/aromatic N) is 1. The van der Waals surface area contributed by atoms with E-state index in [1.807, 2.05) is 0 Å². The standard InChI is InChI=1S/C15H14F3N3O3S2/c1-21-12(7-11(20-26(21,23)24)13-3-2-4-25-13)15(22)19-8-5-9(16)14(18)10(17)6-8/h2-6,11-12,20H,7H2,1H3,(H,19,22)/t11-,12+/m1/s1. The summed E-state index contributed by atoms with van der Waals surface area (Å²) in [6.45, 7) is 0. The van der Waals surface area contributed by atoms with E-state index in [0.29, 0.717) is 12.1 Å². The summed E-state index contributed by atoms with van der Waals surface area (Å²) in [6.07, 6.45) is 0.119. The van der Waals surface area contributed by atoms with Crippen molar-refractivity contribution in [1.29, 1.82) is 0 Å². The van der Waals surface area contributed by atoms with Crippen LogP contribution in [0.15, 0.2) is 29.6 Å². The summed E-state index contributed by atoms with van der Waals surface area (Å²) in [7, 11) is -2.70. The Balaban J connectivity index is 1.85. The van der Waals surface area contributed by atoms with Crippen molar-refractivity contribution in [3.05, 3.63) is 52.0 Å². The molecule has 0 bridgehead atoms. The summed E-state index contributed by atoms with van der Waals surface area (Å²) in [5.41, 5.74) is -0.302. The number of amides is 1. The van der Waals surface area contributed by atoms with Crippen LogP contribution in [0.5, 0.6) is 0 Å². The van der Waals surface area contributed by atoms with E-state index in [4.69, 9.17) is 0 Å². The van der Waals surface area contributed by atoms with Crippen LogP contribution in [0, 0.1) is 17.5 Å². The number of rotatable bonds is 3. The summed E-state index contributed by atoms with van der Waals surface area (Å²) in [5.74, 6) is -5.34. The molecule has 26 heavy (non-hydrogen) atoms. The van der Waals surface area contributed by atoms with Crippen molar-refractivity contribution >= 4 is 33.1 Å². The number of anilines is 1. The normalized spacial score (nSPS) is 22.9. The van der Waals surface area contributed by atoms with E-state index in [0.717, 1.165) is 9.18 Å². The third-order valence-corrected chi connectivity index (χ3v) is 6.59. The highest BCUT2D eigenvalue weighted by molar-refractivity contribution is 7.87. The highest BCUT2D eigenvalue weighted by Gasteiger charge is 2.41. The zero-order valence-corrected chi connectivity index (χ0v) is 15.0. The number of thiophene rings is 1. The van der Waals surface area contributed by atoms with E-state index in [1.165, 1.54) is 18.4 Å². The lowest BCUT2D eigenvalue weighted by molar-refractivity contribution is -0.120. The molecular weight excluding hydrogens is 391 g/mol. The van der Waals surface area contributed by atoms with Crippen LogP contribution < -0.4 is 10.0 Å². The van der Waals surface area contributed by atoms with E-state index in [9.17, 15) is 26.4 Å². The molecule has 2 heterocycles. The number of benzene rings is 1. The van der Waals surface area contributed by atoms with Gasteiger partial charge in [-0.2, -0.15) is 17.4 Å². The molecule has 0 unspecified atom stereocenters. The second-order valence-electron chi connectivity index (χ2n) is 5.70. The zero-order valence-electron chi connectivity index (χ0n) is 13.4. The Morgan fingerprint density at radius 1 is 1.31 bits per heavy atom. The molecule has 2 N–H and O–H groups in total. The maximum atomic E-state index is 13.3. The average Bonchev–Trinajstić information content (AvgIpc) is 3.09. The van der Waals surface area contributed by atoms with Gasteiger partial charge in [-0.15, -0.1) is 11.3 Å². The third kappa shape index (κ3) is 3.61. The van der Waals surface area contributed by atoms with E-state index >= 15 is 0 Å². The fraction of sp³-hybridized carbons (Fsp3) is 0.267. The molecule has 1 aliphatic rings. The van der Waals surface area contributed by atoms with Crippen molar-refractivity contribution in [3.8, 4) is 0 Å². The number of halogens is 3. The van der Waals surface area contributed by atoms with Gasteiger partial charge in [0.05, 0.1) is 6.04 Å². The number of hydrogen-bond acceptors (Lipinski definition) is 4. The summed E-state index contributed by atoms with van der Waals surface area (Å²) in [4.78, 5) is 13.2. The lowest BCUT2D eigenvalue weighted by atomic mass is 10.1. The Bertz CT molecular complexity index is 912. The highest BCUT2D eigenvalue weighted by Crippen LogP contribution is 2.31. The van der Waals surface area contributed by atoms with Gasteiger partial charge >= 0.3 is 0 Å². The van der Waals surface area contributed by atoms with Gasteiger partial charge in [-0.25, -0.2) is 13.2 Å². The van der Waals surface area contributed by atoms with Crippen molar-refractivity contribution in [2.45, 2.75) is 18.5 Å². The van der Waals surface area contributed by atoms with Crippen LogP contribution in [0.4, 0.5) is 18.9 Å². The quantitative estimate of drug-likeness (QED) is 0.770. The maximum absolute atomic E-state index is 13.3. The van der Waals surface area contributed by atoms with Gasteiger partial charge in [-0.05, 0) is 17.9 Å². The predicted octanol–water partition coefficient (Wildman–Crippen LogP) is 2.38. The van der Waals surface area contributed by atoms with Crippen molar-refractivity contribution in [2.24, 2.45) is 0 Å². The third-order valence-electron chi connectivity index (χ3n) is 4.01. The van der Waals surface area contributed by atoms with Gasteiger partial charge in [0.2, 0.25) is 5.91 Å². The lowest BCUT2D eigenvalue weighted by Gasteiger charge is -2.35. The Morgan fingerprint density at radius 2 is 1.96 bits per heavy atom. The van der Waals surface area contributed by atoms with Gasteiger partial charge in [0.15, 0.2) is 17.5 Å². The lowest BCUT2D eigenvalue weighted by Crippen LogP contribution is -2.55. The Labute approximate surface area is 151 Å². The number of likely N-dealkylation sites (N-methyl/N-ethyl adjacent to an activating group) is 1. The van der Waals surface area contributed by atoms with Gasteiger partial charge < -0.3 is 5.32 Å². The molecule has 1 aromatic heterocycles. The molecule has 6 nitrogen and oxygen atoms in total. The summed E-state index contributed by atoms with van der Waals surface area (Å²) >= 11 is 1.34. The fourth-order valence-electron chi connectivity index (χ4n) is 2.64. The minimum Gasteiger partial charge on any atom is -0.324 e. The van der Waals surface area contributed by atoms with Crippen LogP contribution in [-0.4, -0.2) is 31.7 Å². The first-order valence-corrected chi connectivity index (χ1v) is 9.75. The first-order valence-electron chi connectivity index (χ1n) is 7.43. The molecule has 0 aliphatic carbocycles. The molecule has 0 radical (unpaired) electrons. The average molecular weight is 405 g/mol. The van der Waals surface area contributed by atoms with E-state index in [-0.39, 0.29) is 12.1 Å². The molecule has 11 heteroatoms. The Hall–Kier alpha value is -1.95. The molecule has 1 saturated heterocycles. The van der Waals surface area contributed by atoms with Gasteiger partial charge in [0, 0.05) is 29.7 Å². The van der Waals surface area contributed by atoms with Crippen LogP contribution in [0.1, 0.15) is 17.3 Å². The van der Waals surface area contributed by atoms with Crippen molar-refractivity contribution in [1.82, 2.24) is 9.03 Å². The molecule has 0 saturated carbocycles. The topological polar surface area (TPSA) is 78.5 Å². The van der Waals surface area contributed by atoms with Gasteiger partial charge in [0.1, 0.15) is 6.04 Å². The Morgan fingerprint density at radius 3 is 2.54 bits per heavy atom. The molecule has 3 rings (SSSR count). The first-order chi connectivity index (χ1) is 12.2. The van der Waals surface area contributed by atoms with Gasteiger partial charge in [-0.1, -0.05) is 6.07 Å². The molecule has 1 amide bonds. The number of carbonyl (C=O) groups excluding carboxylic acids is 1. The minimum atomic E-state index is -3.93. The van der Waals surface area contributed by atoms with E-state index < -0.39 is 45.7 Å². The SMILES string of the molecule is CN1[C@H](C(=O)Nc2cc(F)c(F)c(F)c2)C[C@H](c2cccs2)NS1(=O)=O. The molecule has 1 aromatic carbocycles. The summed E-state index contributed by atoms with van der Waals surface area (Å²) < 4.78 is 67.5. The van der Waals surface area contributed by atoms with E-state index in [2.05, 4.69) is 10.0 Å². The second-order valence-corrected chi connectivity index (χ2v) is 8.44. The Kier molecular flexibility index (Phi) is 5.06. The summed E-state index contributed by atoms with van der Waals surface area (Å²) in [5, 5.41) is 4.02. The van der Waals surface area contributed by atoms with E-state index in [1.54, 1.807) is 17.5 Å². The molecule has 2 atom stereocenters. The molecule has 0 spiro atoms. The molecule has 1 fully saturated rings. The highest BCUT2D eigenvalue weighted by atomic mass is 32.2. The number of carbonyl (C=O) groups is 1. The zero-order chi connectivity index (χ0) is 19.1. The van der Waals surface area contributed by atoms with Crippen LogP contribution >= 0.6 is 11.3 Å². The van der Waals surface area contributed by atoms with Gasteiger partial charge in [-0.3, -0.25) is 4.79 Å². The molecule has 1 aliphatic heterocycles. The fourth-order valence-corrected chi connectivity index (χ4v) is 4.77. The van der Waals surface area contributed by atoms with Crippen molar-refractivity contribution < 1.29 is 26.4 Å². The smallest absolute Gasteiger partial charge is 0.280 e. The predicted molar refractivity (Wildman–Crippen MR) is 90.2 cm³/mol. The maximum Gasteiger partial charge on any atom is 0.280 e. The number of nitrogens with one attached hydrogen (secondary N) is 2. The van der Waals surface area contributed by atoms with Crippen molar-refractivity contribution in [3.63, 3.8) is 0 Å². The van der Waals surface area contributed by atoms with Gasteiger partial charge in [0.25, 0.3) is 10.2 Å².